The van der Waals surface area contributed by atoms with Crippen LogP contribution in [0.5, 0.6) is 0 Å². The molecule has 0 bridgehead atoms. The normalized spacial score (nSPS) is 19.1. The van der Waals surface area contributed by atoms with Gasteiger partial charge in [0.1, 0.15) is 0 Å². The molecule has 0 aliphatic heterocycles. The molecule has 4 aliphatic rings. The molecule has 1 heteroatoms. The minimum Gasteiger partial charge on any atom is -0.314 e. The molecule has 2 unspecified atom stereocenters. The van der Waals surface area contributed by atoms with Crippen molar-refractivity contribution in [2.75, 3.05) is 4.90 Å². The number of benzene rings is 8. The summed E-state index contributed by atoms with van der Waals surface area (Å²) in [4.78, 5) is 2.67. The fourth-order valence-corrected chi connectivity index (χ4v) is 12.1. The predicted octanol–water partition coefficient (Wildman–Crippen LogP) is 16.4. The molecule has 8 aromatic rings. The number of hydrogen-bond acceptors (Lipinski definition) is 1. The van der Waals surface area contributed by atoms with Crippen LogP contribution >= 0.6 is 0 Å². The van der Waals surface area contributed by atoms with Crippen molar-refractivity contribution in [2.24, 2.45) is 0 Å². The third-order valence-electron chi connectivity index (χ3n) is 15.0. The molecule has 1 nitrogen and oxygen atoms in total. The van der Waals surface area contributed by atoms with Gasteiger partial charge < -0.3 is 4.90 Å². The summed E-state index contributed by atoms with van der Waals surface area (Å²) in [5.74, 6) is 0.406. The monoisotopic (exact) mass is 809 g/mol. The second-order valence-electron chi connectivity index (χ2n) is 18.5. The van der Waals surface area contributed by atoms with E-state index in [-0.39, 0.29) is 5.41 Å². The Morgan fingerprint density at radius 3 is 2.06 bits per heavy atom. The average Bonchev–Trinajstić information content (AvgIpc) is 3.78. The van der Waals surface area contributed by atoms with E-state index in [1.54, 1.807) is 0 Å². The zero-order chi connectivity index (χ0) is 42.1. The lowest BCUT2D eigenvalue weighted by molar-refractivity contribution is 0.595. The van der Waals surface area contributed by atoms with Crippen LogP contribution in [0.4, 0.5) is 11.4 Å². The summed E-state index contributed by atoms with van der Waals surface area (Å²) in [6.07, 6.45) is 14.7. The number of nitrogens with zero attached hydrogens (tertiary/aromatic N) is 1. The maximum atomic E-state index is 2.67. The van der Waals surface area contributed by atoms with E-state index in [9.17, 15) is 0 Å². The molecule has 0 saturated carbocycles. The lowest BCUT2D eigenvalue weighted by atomic mass is 9.65. The van der Waals surface area contributed by atoms with Crippen molar-refractivity contribution in [1.82, 2.24) is 0 Å². The highest BCUT2D eigenvalue weighted by atomic mass is 15.2. The van der Waals surface area contributed by atoms with Gasteiger partial charge in [0.05, 0.1) is 11.1 Å². The van der Waals surface area contributed by atoms with Crippen LogP contribution in [0.3, 0.4) is 0 Å². The molecule has 0 N–H and O–H groups in total. The zero-order valence-electron chi connectivity index (χ0n) is 36.2. The Morgan fingerprint density at radius 1 is 0.556 bits per heavy atom. The second kappa shape index (κ2) is 14.8. The first-order valence-corrected chi connectivity index (χ1v) is 23.0. The topological polar surface area (TPSA) is 3.24 Å². The van der Waals surface area contributed by atoms with Gasteiger partial charge in [0, 0.05) is 22.4 Å². The number of hydrogen-bond donors (Lipinski definition) is 0. The van der Waals surface area contributed by atoms with E-state index in [4.69, 9.17) is 0 Å². The minimum atomic E-state index is -0.392. The lowest BCUT2D eigenvalue weighted by Crippen LogP contribution is -2.30. The maximum absolute atomic E-state index is 2.67. The molecular formula is C62H51N. The quantitative estimate of drug-likeness (QED) is 0.155. The fourth-order valence-electron chi connectivity index (χ4n) is 12.1. The summed E-state index contributed by atoms with van der Waals surface area (Å²) in [5.41, 5.74) is 21.3. The van der Waals surface area contributed by atoms with Crippen LogP contribution in [0.15, 0.2) is 218 Å². The Morgan fingerprint density at radius 2 is 1.27 bits per heavy atom. The molecule has 0 radical (unpaired) electrons. The Bertz CT molecular complexity index is 3180. The van der Waals surface area contributed by atoms with Gasteiger partial charge in [0.2, 0.25) is 0 Å². The molecular weight excluding hydrogens is 759 g/mol. The van der Waals surface area contributed by atoms with E-state index in [1.165, 1.54) is 100 Å². The molecule has 304 valence electrons. The van der Waals surface area contributed by atoms with Crippen LogP contribution in [0.2, 0.25) is 0 Å². The first-order valence-electron chi connectivity index (χ1n) is 23.0. The van der Waals surface area contributed by atoms with Crippen molar-refractivity contribution in [3.05, 3.63) is 251 Å². The van der Waals surface area contributed by atoms with Gasteiger partial charge in [-0.15, -0.1) is 0 Å². The number of rotatable bonds is 7. The first-order chi connectivity index (χ1) is 31.0. The van der Waals surface area contributed by atoms with Crippen molar-refractivity contribution in [2.45, 2.75) is 62.7 Å². The van der Waals surface area contributed by atoms with Gasteiger partial charge in [-0.05, 0) is 128 Å². The molecule has 0 heterocycles. The zero-order valence-corrected chi connectivity index (χ0v) is 36.2. The van der Waals surface area contributed by atoms with Crippen molar-refractivity contribution < 1.29 is 0 Å². The van der Waals surface area contributed by atoms with E-state index in [1.807, 2.05) is 0 Å². The predicted molar refractivity (Wildman–Crippen MR) is 265 cm³/mol. The largest absolute Gasteiger partial charge is 0.314 e. The van der Waals surface area contributed by atoms with Crippen LogP contribution in [0.1, 0.15) is 85.3 Å². The summed E-state index contributed by atoms with van der Waals surface area (Å²) in [6, 6.07) is 68.9. The van der Waals surface area contributed by atoms with Gasteiger partial charge in [-0.1, -0.05) is 208 Å². The molecule has 2 atom stereocenters. The molecule has 8 aromatic carbocycles. The van der Waals surface area contributed by atoms with Gasteiger partial charge >= 0.3 is 0 Å². The van der Waals surface area contributed by atoms with E-state index < -0.39 is 5.41 Å². The molecule has 0 aromatic heterocycles. The lowest BCUT2D eigenvalue weighted by Gasteiger charge is -2.37. The molecule has 0 amide bonds. The molecule has 0 fully saturated rings. The summed E-state index contributed by atoms with van der Waals surface area (Å²) in [7, 11) is 0. The first kappa shape index (κ1) is 37.8. The van der Waals surface area contributed by atoms with Crippen molar-refractivity contribution in [3.63, 3.8) is 0 Å². The van der Waals surface area contributed by atoms with Crippen LogP contribution in [-0.2, 0) is 10.8 Å². The highest BCUT2D eigenvalue weighted by molar-refractivity contribution is 5.99. The Balaban J connectivity index is 1.06. The molecule has 12 rings (SSSR count). The van der Waals surface area contributed by atoms with Gasteiger partial charge in [-0.25, -0.2) is 0 Å². The molecule has 0 spiro atoms. The summed E-state index contributed by atoms with van der Waals surface area (Å²) >= 11 is 0. The van der Waals surface area contributed by atoms with E-state index >= 15 is 0 Å². The summed E-state index contributed by atoms with van der Waals surface area (Å²) in [5, 5.41) is 2.63. The summed E-state index contributed by atoms with van der Waals surface area (Å²) in [6.45, 7) is 4.81. The standard InChI is InChI=1S/C62H51N/c1-61(2)54-29-16-14-27-51(54)52-40-38-48(41-57(52)61)63(47-36-33-43(34-37-47)50-39-35-42-19-12-13-26-49(42)59(50)44-20-6-3-7-21-44)58-32-18-31-56-60(58)53-28-15-17-30-55(53)62(56,45-22-8-4-9-23-45)46-24-10-5-11-25-46/h3-10,12-24,26-32,35-36,38-41,43H,11,25,33-34,37H2,1-2H3. The molecule has 4 aliphatic carbocycles. The van der Waals surface area contributed by atoms with E-state index in [0.29, 0.717) is 5.92 Å². The van der Waals surface area contributed by atoms with Crippen LogP contribution < -0.4 is 4.90 Å². The third-order valence-corrected chi connectivity index (χ3v) is 15.0. The van der Waals surface area contributed by atoms with Crippen molar-refractivity contribution in [1.29, 1.82) is 0 Å². The molecule has 0 saturated heterocycles. The number of anilines is 2. The average molecular weight is 810 g/mol. The van der Waals surface area contributed by atoms with Crippen molar-refractivity contribution in [3.8, 4) is 33.4 Å². The van der Waals surface area contributed by atoms with Crippen LogP contribution in [-0.4, -0.2) is 0 Å². The Hall–Kier alpha value is -6.96. The highest BCUT2D eigenvalue weighted by Gasteiger charge is 2.48. The second-order valence-corrected chi connectivity index (χ2v) is 18.5. The van der Waals surface area contributed by atoms with Crippen LogP contribution in [0.25, 0.3) is 44.2 Å². The Kier molecular flexibility index (Phi) is 8.90. The smallest absolute Gasteiger partial charge is 0.0677 e. The van der Waals surface area contributed by atoms with Crippen molar-refractivity contribution >= 4 is 22.1 Å². The highest BCUT2D eigenvalue weighted by Crippen LogP contribution is 2.61. The van der Waals surface area contributed by atoms with E-state index in [0.717, 1.165) is 32.1 Å². The minimum absolute atomic E-state index is 0.113. The van der Waals surface area contributed by atoms with Gasteiger partial charge in [-0.2, -0.15) is 0 Å². The maximum Gasteiger partial charge on any atom is 0.0677 e. The van der Waals surface area contributed by atoms with Crippen LogP contribution in [0, 0.1) is 0 Å². The third kappa shape index (κ3) is 5.75. The molecule has 63 heavy (non-hydrogen) atoms. The fraction of sp³-hybridized carbons (Fsp3) is 0.161. The van der Waals surface area contributed by atoms with Gasteiger partial charge in [0.25, 0.3) is 0 Å². The van der Waals surface area contributed by atoms with Gasteiger partial charge in [0.15, 0.2) is 0 Å². The number of allylic oxidation sites excluding steroid dienone is 6. The SMILES string of the molecule is CC1(C)c2ccccc2-c2ccc(N(C3=CCC(c4ccc5ccccc5c4-c4ccccc4)CC3)c3cccc4c3-c3ccccc3C4(C3=CC=CCC3)c3ccccc3)cc21. The van der Waals surface area contributed by atoms with Gasteiger partial charge in [-0.3, -0.25) is 0 Å². The Labute approximate surface area is 372 Å². The number of fused-ring (bicyclic) bond motifs is 7. The summed E-state index contributed by atoms with van der Waals surface area (Å²) < 4.78 is 0. The van der Waals surface area contributed by atoms with E-state index in [2.05, 4.69) is 225 Å².